The maximum absolute atomic E-state index is 6.01. The first-order chi connectivity index (χ1) is 14.2. The number of hydrogen-bond donors (Lipinski definition) is 1. The Kier molecular flexibility index (Phi) is 5.06. The smallest absolute Gasteiger partial charge is 0.229 e. The highest BCUT2D eigenvalue weighted by atomic mass is 35.5. The van der Waals surface area contributed by atoms with E-state index in [1.165, 1.54) is 18.4 Å². The van der Waals surface area contributed by atoms with Crippen LogP contribution in [-0.2, 0) is 6.54 Å². The van der Waals surface area contributed by atoms with Gasteiger partial charge in [0.1, 0.15) is 11.5 Å². The van der Waals surface area contributed by atoms with E-state index in [-0.39, 0.29) is 0 Å². The second-order valence-corrected chi connectivity index (χ2v) is 8.58. The lowest BCUT2D eigenvalue weighted by Gasteiger charge is -2.36. The van der Waals surface area contributed by atoms with Crippen LogP contribution in [0.25, 0.3) is 11.0 Å². The highest BCUT2D eigenvalue weighted by Crippen LogP contribution is 2.29. The Bertz CT molecular complexity index is 984. The summed E-state index contributed by atoms with van der Waals surface area (Å²) in [5.41, 5.74) is 3.40. The van der Waals surface area contributed by atoms with Crippen LogP contribution in [0.4, 0.5) is 11.8 Å². The van der Waals surface area contributed by atoms with Gasteiger partial charge in [-0.05, 0) is 43.5 Å². The van der Waals surface area contributed by atoms with Crippen molar-refractivity contribution in [2.75, 3.05) is 49.1 Å². The van der Waals surface area contributed by atoms with Crippen LogP contribution in [0.1, 0.15) is 24.1 Å². The number of aryl methyl sites for hydroxylation is 1. The lowest BCUT2D eigenvalue weighted by Crippen LogP contribution is -2.46. The maximum atomic E-state index is 6.01. The number of H-pyrrole nitrogens is 1. The van der Waals surface area contributed by atoms with Gasteiger partial charge in [-0.25, -0.2) is 0 Å². The van der Waals surface area contributed by atoms with Crippen LogP contribution in [-0.4, -0.2) is 59.1 Å². The summed E-state index contributed by atoms with van der Waals surface area (Å²) in [6.07, 6.45) is 2.45. The van der Waals surface area contributed by atoms with E-state index >= 15 is 0 Å². The zero-order valence-corrected chi connectivity index (χ0v) is 17.6. The number of hydrogen-bond acceptors (Lipinski definition) is 5. The maximum Gasteiger partial charge on any atom is 0.229 e. The van der Waals surface area contributed by atoms with E-state index in [1.807, 2.05) is 12.1 Å². The number of nitrogens with zero attached hydrogens (tertiary/aromatic N) is 5. The third-order valence-electron chi connectivity index (χ3n) is 5.97. The molecule has 1 N–H and O–H groups in total. The zero-order chi connectivity index (χ0) is 19.8. The molecule has 0 amide bonds. The Morgan fingerprint density at radius 1 is 0.931 bits per heavy atom. The van der Waals surface area contributed by atoms with Gasteiger partial charge in [0.25, 0.3) is 0 Å². The molecule has 4 heterocycles. The van der Waals surface area contributed by atoms with Crippen LogP contribution in [0, 0.1) is 6.92 Å². The van der Waals surface area contributed by atoms with Gasteiger partial charge in [0.15, 0.2) is 0 Å². The quantitative estimate of drug-likeness (QED) is 0.708. The summed E-state index contributed by atoms with van der Waals surface area (Å²) in [6.45, 7) is 9.16. The molecule has 2 fully saturated rings. The number of fused-ring (bicyclic) bond motifs is 1. The number of aromatic amines is 1. The second kappa shape index (κ2) is 7.84. The fourth-order valence-corrected chi connectivity index (χ4v) is 4.51. The van der Waals surface area contributed by atoms with Crippen LogP contribution in [0.3, 0.4) is 0 Å². The monoisotopic (exact) mass is 410 g/mol. The molecule has 2 saturated heterocycles. The largest absolute Gasteiger partial charge is 0.353 e. The highest BCUT2D eigenvalue weighted by molar-refractivity contribution is 6.30. The molecule has 5 rings (SSSR count). The molecule has 2 aromatic heterocycles. The van der Waals surface area contributed by atoms with E-state index in [0.29, 0.717) is 0 Å². The van der Waals surface area contributed by atoms with Gasteiger partial charge >= 0.3 is 0 Å². The van der Waals surface area contributed by atoms with Gasteiger partial charge in [-0.15, -0.1) is 0 Å². The molecule has 2 aliphatic rings. The van der Waals surface area contributed by atoms with Crippen molar-refractivity contribution in [2.24, 2.45) is 0 Å². The molecule has 6 nitrogen and oxygen atoms in total. The van der Waals surface area contributed by atoms with Crippen molar-refractivity contribution >= 4 is 34.4 Å². The molecular weight excluding hydrogens is 384 g/mol. The molecule has 0 unspecified atom stereocenters. The van der Waals surface area contributed by atoms with Crippen molar-refractivity contribution in [1.82, 2.24) is 19.9 Å². The van der Waals surface area contributed by atoms with Crippen molar-refractivity contribution in [2.45, 2.75) is 26.3 Å². The first kappa shape index (κ1) is 18.7. The van der Waals surface area contributed by atoms with Crippen LogP contribution in [0.5, 0.6) is 0 Å². The minimum absolute atomic E-state index is 0.793. The van der Waals surface area contributed by atoms with Crippen molar-refractivity contribution in [3.05, 3.63) is 46.6 Å². The normalized spacial score (nSPS) is 18.1. The van der Waals surface area contributed by atoms with E-state index in [2.05, 4.69) is 44.8 Å². The van der Waals surface area contributed by atoms with Gasteiger partial charge < -0.3 is 14.8 Å². The SMILES string of the molecule is Cc1cc2c(N3CCN(Cc4ccc(Cl)cc4)CC3)nc(N3CCCC3)nc2[nH]1. The molecule has 0 radical (unpaired) electrons. The molecule has 152 valence electrons. The lowest BCUT2D eigenvalue weighted by molar-refractivity contribution is 0.249. The summed E-state index contributed by atoms with van der Waals surface area (Å²) < 4.78 is 0. The molecule has 0 saturated carbocycles. The number of anilines is 2. The van der Waals surface area contributed by atoms with E-state index in [1.54, 1.807) is 0 Å². The minimum Gasteiger partial charge on any atom is -0.353 e. The molecular formula is C22H27ClN6. The number of halogens is 1. The number of nitrogens with one attached hydrogen (secondary N) is 1. The van der Waals surface area contributed by atoms with Crippen molar-refractivity contribution in [3.63, 3.8) is 0 Å². The summed E-state index contributed by atoms with van der Waals surface area (Å²) in [5, 5.41) is 1.93. The first-order valence-corrected chi connectivity index (χ1v) is 10.9. The minimum atomic E-state index is 0.793. The number of piperazine rings is 1. The Morgan fingerprint density at radius 2 is 1.66 bits per heavy atom. The predicted octanol–water partition coefficient (Wildman–Crippen LogP) is 3.84. The predicted molar refractivity (Wildman–Crippen MR) is 119 cm³/mol. The molecule has 3 aromatic rings. The zero-order valence-electron chi connectivity index (χ0n) is 16.9. The van der Waals surface area contributed by atoms with E-state index in [9.17, 15) is 0 Å². The Morgan fingerprint density at radius 3 is 2.38 bits per heavy atom. The molecule has 0 atom stereocenters. The van der Waals surface area contributed by atoms with Crippen LogP contribution in [0.2, 0.25) is 5.02 Å². The third-order valence-corrected chi connectivity index (χ3v) is 6.22. The average Bonchev–Trinajstić information content (AvgIpc) is 3.38. The number of aromatic nitrogens is 3. The van der Waals surface area contributed by atoms with Crippen LogP contribution < -0.4 is 9.80 Å². The van der Waals surface area contributed by atoms with Gasteiger partial charge in [-0.1, -0.05) is 23.7 Å². The lowest BCUT2D eigenvalue weighted by atomic mass is 10.2. The topological polar surface area (TPSA) is 51.3 Å². The van der Waals surface area contributed by atoms with E-state index < -0.39 is 0 Å². The molecule has 1 aromatic carbocycles. The third kappa shape index (κ3) is 3.91. The van der Waals surface area contributed by atoms with Gasteiger partial charge in [0, 0.05) is 56.5 Å². The Balaban J connectivity index is 1.35. The fraction of sp³-hybridized carbons (Fsp3) is 0.455. The Labute approximate surface area is 176 Å². The number of benzene rings is 1. The fourth-order valence-electron chi connectivity index (χ4n) is 4.38. The molecule has 29 heavy (non-hydrogen) atoms. The van der Waals surface area contributed by atoms with Crippen LogP contribution in [0.15, 0.2) is 30.3 Å². The summed E-state index contributed by atoms with van der Waals surface area (Å²) in [7, 11) is 0. The summed E-state index contributed by atoms with van der Waals surface area (Å²) in [6, 6.07) is 10.4. The number of rotatable bonds is 4. The molecule has 0 spiro atoms. The molecule has 7 heteroatoms. The second-order valence-electron chi connectivity index (χ2n) is 8.15. The average molecular weight is 411 g/mol. The van der Waals surface area contributed by atoms with Gasteiger partial charge in [0.05, 0.1) is 5.39 Å². The standard InChI is InChI=1S/C22H27ClN6/c1-16-14-19-20(24-16)25-22(29-8-2-3-9-29)26-21(19)28-12-10-27(11-13-28)15-17-4-6-18(23)7-5-17/h4-7,14H,2-3,8-13,15H2,1H3,(H,24,25,26). The van der Waals surface area contributed by atoms with Gasteiger partial charge in [-0.3, -0.25) is 4.90 Å². The van der Waals surface area contributed by atoms with E-state index in [4.69, 9.17) is 21.6 Å². The first-order valence-electron chi connectivity index (χ1n) is 10.5. The molecule has 0 aliphatic carbocycles. The summed E-state index contributed by atoms with van der Waals surface area (Å²) in [4.78, 5) is 20.5. The van der Waals surface area contributed by atoms with Gasteiger partial charge in [-0.2, -0.15) is 9.97 Å². The Hall–Kier alpha value is -2.31. The van der Waals surface area contributed by atoms with Crippen LogP contribution >= 0.6 is 11.6 Å². The van der Waals surface area contributed by atoms with Crippen molar-refractivity contribution < 1.29 is 0 Å². The van der Waals surface area contributed by atoms with Gasteiger partial charge in [0.2, 0.25) is 5.95 Å². The summed E-state index contributed by atoms with van der Waals surface area (Å²) >= 11 is 6.01. The summed E-state index contributed by atoms with van der Waals surface area (Å²) in [5.74, 6) is 1.95. The van der Waals surface area contributed by atoms with E-state index in [0.717, 1.165) is 79.3 Å². The molecule has 0 bridgehead atoms. The van der Waals surface area contributed by atoms with Crippen molar-refractivity contribution in [1.29, 1.82) is 0 Å². The molecule has 2 aliphatic heterocycles. The highest BCUT2D eigenvalue weighted by Gasteiger charge is 2.24. The van der Waals surface area contributed by atoms with Crippen molar-refractivity contribution in [3.8, 4) is 0 Å².